The molecule has 1 aliphatic rings. The third kappa shape index (κ3) is 4.35. The van der Waals surface area contributed by atoms with Crippen LogP contribution in [0.3, 0.4) is 0 Å². The molecule has 0 atom stereocenters. The van der Waals surface area contributed by atoms with Crippen molar-refractivity contribution in [3.8, 4) is 22.6 Å². The number of hydrogen-bond donors (Lipinski definition) is 0. The second kappa shape index (κ2) is 8.94. The van der Waals surface area contributed by atoms with Gasteiger partial charge in [0.15, 0.2) is 0 Å². The number of benzene rings is 3. The molecule has 9 heteroatoms. The lowest BCUT2D eigenvalue weighted by Gasteiger charge is -2.30. The Morgan fingerprint density at radius 1 is 1.06 bits per heavy atom. The molecule has 0 radical (unpaired) electrons. The van der Waals surface area contributed by atoms with E-state index in [4.69, 9.17) is 25.5 Å². The van der Waals surface area contributed by atoms with Crippen LogP contribution in [-0.2, 0) is 19.3 Å². The summed E-state index contributed by atoms with van der Waals surface area (Å²) in [5.74, 6) is -0.286. The first-order valence-corrected chi connectivity index (χ1v) is 11.1. The molecule has 35 heavy (non-hydrogen) atoms. The predicted molar refractivity (Wildman–Crippen MR) is 126 cm³/mol. The third-order valence-corrected chi connectivity index (χ3v) is 6.13. The van der Waals surface area contributed by atoms with E-state index in [1.165, 1.54) is 30.3 Å². The minimum Gasteiger partial charge on any atom is -0.496 e. The molecule has 0 N–H and O–H groups in total. The summed E-state index contributed by atoms with van der Waals surface area (Å²) < 4.78 is 58.9. The second-order valence-electron chi connectivity index (χ2n) is 8.13. The zero-order valence-electron chi connectivity index (χ0n) is 18.5. The fraction of sp³-hybridized carbons (Fsp3) is 0.192. The highest BCUT2D eigenvalue weighted by molar-refractivity contribution is 6.30. The molecule has 3 aromatic carbocycles. The number of halogens is 4. The molecule has 4 aromatic rings. The van der Waals surface area contributed by atoms with E-state index >= 15 is 0 Å². The maximum absolute atomic E-state index is 14.1. The van der Waals surface area contributed by atoms with Gasteiger partial charge in [0.25, 0.3) is 0 Å². The van der Waals surface area contributed by atoms with Crippen LogP contribution in [0.15, 0.2) is 69.9 Å². The quantitative estimate of drug-likeness (QED) is 0.320. The highest BCUT2D eigenvalue weighted by Crippen LogP contribution is 2.40. The maximum atomic E-state index is 14.1. The van der Waals surface area contributed by atoms with E-state index in [2.05, 4.69) is 0 Å². The Bertz CT molecular complexity index is 1460. The lowest BCUT2D eigenvalue weighted by atomic mass is 9.99. The van der Waals surface area contributed by atoms with Gasteiger partial charge in [-0.1, -0.05) is 41.9 Å². The molecule has 0 spiro atoms. The van der Waals surface area contributed by atoms with Crippen LogP contribution in [0, 0.1) is 0 Å². The van der Waals surface area contributed by atoms with Gasteiger partial charge in [-0.2, -0.15) is 13.2 Å². The predicted octanol–water partition coefficient (Wildman–Crippen LogP) is 6.49. The molecule has 1 aliphatic heterocycles. The molecule has 0 bridgehead atoms. The van der Waals surface area contributed by atoms with E-state index in [0.717, 1.165) is 5.56 Å². The van der Waals surface area contributed by atoms with Crippen molar-refractivity contribution >= 4 is 22.6 Å². The van der Waals surface area contributed by atoms with Gasteiger partial charge in [0.2, 0.25) is 11.2 Å². The van der Waals surface area contributed by atoms with Gasteiger partial charge in [-0.3, -0.25) is 9.69 Å². The summed E-state index contributed by atoms with van der Waals surface area (Å²) in [6, 6.07) is 16.1. The Kier molecular flexibility index (Phi) is 5.94. The maximum Gasteiger partial charge on any atom is 0.450 e. The van der Waals surface area contributed by atoms with Crippen molar-refractivity contribution in [2.75, 3.05) is 13.8 Å². The molecule has 0 unspecified atom stereocenters. The van der Waals surface area contributed by atoms with Crippen molar-refractivity contribution in [3.05, 3.63) is 92.8 Å². The van der Waals surface area contributed by atoms with Crippen LogP contribution in [0.1, 0.15) is 16.9 Å². The van der Waals surface area contributed by atoms with E-state index < -0.39 is 22.9 Å². The average Bonchev–Trinajstić information content (AvgIpc) is 2.84. The standard InChI is InChI=1S/C26H19ClF3NO4/c1-33-20-5-3-2-4-16(20)12-31-13-19-21(34-14-31)11-10-18-23(32)22(15-6-8-17(27)9-7-15)25(26(28,29)30)35-24(18)19/h2-11H,12-14H2,1H3. The molecule has 1 aromatic heterocycles. The summed E-state index contributed by atoms with van der Waals surface area (Å²) in [5.41, 5.74) is -0.111. The third-order valence-electron chi connectivity index (χ3n) is 5.88. The Labute approximate surface area is 203 Å². The minimum absolute atomic E-state index is 0.0458. The van der Waals surface area contributed by atoms with Crippen LogP contribution < -0.4 is 14.9 Å². The first-order chi connectivity index (χ1) is 16.8. The number of rotatable bonds is 4. The zero-order chi connectivity index (χ0) is 24.7. The largest absolute Gasteiger partial charge is 0.496 e. The van der Waals surface area contributed by atoms with E-state index in [1.54, 1.807) is 13.2 Å². The van der Waals surface area contributed by atoms with Gasteiger partial charge < -0.3 is 13.9 Å². The monoisotopic (exact) mass is 501 g/mol. The van der Waals surface area contributed by atoms with Gasteiger partial charge in [-0.15, -0.1) is 0 Å². The van der Waals surface area contributed by atoms with Gasteiger partial charge >= 0.3 is 6.18 Å². The highest BCUT2D eigenvalue weighted by atomic mass is 35.5. The first kappa shape index (κ1) is 23.3. The topological polar surface area (TPSA) is 51.9 Å². The number of ether oxygens (including phenoxy) is 2. The lowest BCUT2D eigenvalue weighted by Crippen LogP contribution is -2.32. The first-order valence-electron chi connectivity index (χ1n) is 10.7. The average molecular weight is 502 g/mol. The molecule has 2 heterocycles. The second-order valence-corrected chi connectivity index (χ2v) is 8.57. The minimum atomic E-state index is -4.89. The van der Waals surface area contributed by atoms with Crippen LogP contribution >= 0.6 is 11.6 Å². The van der Waals surface area contributed by atoms with Crippen LogP contribution in [0.5, 0.6) is 11.5 Å². The van der Waals surface area contributed by atoms with Crippen LogP contribution in [-0.4, -0.2) is 18.7 Å². The molecule has 0 saturated heterocycles. The highest BCUT2D eigenvalue weighted by Gasteiger charge is 2.40. The number of hydrogen-bond acceptors (Lipinski definition) is 5. The number of alkyl halides is 3. The molecule has 180 valence electrons. The Morgan fingerprint density at radius 3 is 2.51 bits per heavy atom. The van der Waals surface area contributed by atoms with Gasteiger partial charge in [0.1, 0.15) is 23.8 Å². The van der Waals surface area contributed by atoms with Gasteiger partial charge in [-0.05, 0) is 35.9 Å². The Hall–Kier alpha value is -3.49. The summed E-state index contributed by atoms with van der Waals surface area (Å²) in [7, 11) is 1.57. The van der Waals surface area contributed by atoms with E-state index in [9.17, 15) is 18.0 Å². The molecule has 0 amide bonds. The molecule has 5 nitrogen and oxygen atoms in total. The van der Waals surface area contributed by atoms with Crippen molar-refractivity contribution in [1.82, 2.24) is 4.90 Å². The Balaban J connectivity index is 1.63. The van der Waals surface area contributed by atoms with Gasteiger partial charge in [0.05, 0.1) is 23.6 Å². The van der Waals surface area contributed by atoms with E-state index in [1.807, 2.05) is 29.2 Å². The number of nitrogens with zero attached hydrogens (tertiary/aromatic N) is 1. The summed E-state index contributed by atoms with van der Waals surface area (Å²) in [6.45, 7) is 0.875. The smallest absolute Gasteiger partial charge is 0.450 e. The number of fused-ring (bicyclic) bond motifs is 3. The summed E-state index contributed by atoms with van der Waals surface area (Å²) >= 11 is 5.88. The Morgan fingerprint density at radius 2 is 1.80 bits per heavy atom. The fourth-order valence-corrected chi connectivity index (χ4v) is 4.39. The van der Waals surface area contributed by atoms with E-state index in [0.29, 0.717) is 28.6 Å². The van der Waals surface area contributed by atoms with Crippen LogP contribution in [0.25, 0.3) is 22.1 Å². The van der Waals surface area contributed by atoms with Crippen LogP contribution in [0.2, 0.25) is 5.02 Å². The van der Waals surface area contributed by atoms with Gasteiger partial charge in [0, 0.05) is 23.7 Å². The number of para-hydroxylation sites is 1. The fourth-order valence-electron chi connectivity index (χ4n) is 4.27. The SMILES string of the molecule is COc1ccccc1CN1COc2ccc3c(=O)c(-c4ccc(Cl)cc4)c(C(F)(F)F)oc3c2C1. The summed E-state index contributed by atoms with van der Waals surface area (Å²) in [6.07, 6.45) is -4.89. The van der Waals surface area contributed by atoms with Crippen LogP contribution in [0.4, 0.5) is 13.2 Å². The van der Waals surface area contributed by atoms with E-state index in [-0.39, 0.29) is 29.8 Å². The summed E-state index contributed by atoms with van der Waals surface area (Å²) in [5, 5.41) is 0.387. The normalized spacial score (nSPS) is 14.0. The molecule has 0 aliphatic carbocycles. The van der Waals surface area contributed by atoms with Gasteiger partial charge in [-0.25, -0.2) is 0 Å². The van der Waals surface area contributed by atoms with Crippen molar-refractivity contribution < 1.29 is 27.1 Å². The zero-order valence-corrected chi connectivity index (χ0v) is 19.2. The van der Waals surface area contributed by atoms with Crippen molar-refractivity contribution in [3.63, 3.8) is 0 Å². The van der Waals surface area contributed by atoms with Crippen molar-refractivity contribution in [2.24, 2.45) is 0 Å². The van der Waals surface area contributed by atoms with Crippen molar-refractivity contribution in [2.45, 2.75) is 19.3 Å². The summed E-state index contributed by atoms with van der Waals surface area (Å²) in [4.78, 5) is 15.2. The molecule has 5 rings (SSSR count). The molecule has 0 fully saturated rings. The van der Waals surface area contributed by atoms with Crippen molar-refractivity contribution in [1.29, 1.82) is 0 Å². The molecule has 0 saturated carbocycles. The molecular weight excluding hydrogens is 483 g/mol. The molecular formula is C26H19ClF3NO4. The number of methoxy groups -OCH3 is 1. The lowest BCUT2D eigenvalue weighted by molar-refractivity contribution is -0.152.